The normalized spacial score (nSPS) is 19.2. The summed E-state index contributed by atoms with van der Waals surface area (Å²) in [5, 5.41) is 5.08. The third kappa shape index (κ3) is 6.80. The van der Waals surface area contributed by atoms with Crippen LogP contribution in [0.1, 0.15) is 17.5 Å². The molecule has 0 bridgehead atoms. The van der Waals surface area contributed by atoms with Gasteiger partial charge in [0.1, 0.15) is 38.1 Å². The van der Waals surface area contributed by atoms with Crippen molar-refractivity contribution in [3.63, 3.8) is 0 Å². The third-order valence-electron chi connectivity index (χ3n) is 5.71. The Labute approximate surface area is 202 Å². The van der Waals surface area contributed by atoms with Crippen LogP contribution in [-0.2, 0) is 41.6 Å². The highest BCUT2D eigenvalue weighted by atomic mass is 16.6. The second-order valence-corrected chi connectivity index (χ2v) is 8.31. The van der Waals surface area contributed by atoms with Gasteiger partial charge in [-0.1, -0.05) is 60.7 Å². The number of alkyl carbamates (subject to hydrolysis) is 1. The van der Waals surface area contributed by atoms with Gasteiger partial charge in [0.05, 0.1) is 13.0 Å². The summed E-state index contributed by atoms with van der Waals surface area (Å²) in [5.74, 6) is -1.17. The maximum absolute atomic E-state index is 12.8. The van der Waals surface area contributed by atoms with Crippen LogP contribution < -0.4 is 10.6 Å². The molecule has 0 aromatic heterocycles. The predicted molar refractivity (Wildman–Crippen MR) is 123 cm³/mol. The van der Waals surface area contributed by atoms with E-state index >= 15 is 0 Å². The molecule has 2 aliphatic rings. The van der Waals surface area contributed by atoms with Gasteiger partial charge in [-0.3, -0.25) is 14.4 Å². The maximum atomic E-state index is 12.8. The lowest BCUT2D eigenvalue weighted by atomic mass is 10.1. The molecule has 10 nitrogen and oxygen atoms in total. The van der Waals surface area contributed by atoms with E-state index in [0.717, 1.165) is 11.1 Å². The number of hydrogen-bond donors (Lipinski definition) is 2. The van der Waals surface area contributed by atoms with Crippen LogP contribution >= 0.6 is 0 Å². The molecule has 0 aliphatic carbocycles. The number of ether oxygens (including phenoxy) is 3. The van der Waals surface area contributed by atoms with E-state index in [0.29, 0.717) is 13.0 Å². The number of benzene rings is 2. The van der Waals surface area contributed by atoms with E-state index in [9.17, 15) is 19.2 Å². The second kappa shape index (κ2) is 11.5. The number of fused-ring (bicyclic) bond motifs is 1. The number of hydrogen-bond acceptors (Lipinski definition) is 7. The van der Waals surface area contributed by atoms with E-state index in [2.05, 4.69) is 10.6 Å². The highest BCUT2D eigenvalue weighted by Gasteiger charge is 2.45. The van der Waals surface area contributed by atoms with E-state index in [1.54, 1.807) is 4.90 Å². The Morgan fingerprint density at radius 2 is 1.69 bits per heavy atom. The van der Waals surface area contributed by atoms with Crippen molar-refractivity contribution in [2.75, 3.05) is 19.7 Å². The van der Waals surface area contributed by atoms with Crippen molar-refractivity contribution in [3.05, 3.63) is 71.8 Å². The number of nitrogens with zero attached hydrogens (tertiary/aromatic N) is 1. The van der Waals surface area contributed by atoms with Crippen molar-refractivity contribution in [2.24, 2.45) is 0 Å². The van der Waals surface area contributed by atoms with Gasteiger partial charge in [-0.05, 0) is 11.1 Å². The first kappa shape index (κ1) is 24.2. The molecule has 35 heavy (non-hydrogen) atoms. The monoisotopic (exact) mass is 481 g/mol. The van der Waals surface area contributed by atoms with Crippen LogP contribution in [0.3, 0.4) is 0 Å². The van der Waals surface area contributed by atoms with Gasteiger partial charge in [-0.25, -0.2) is 4.79 Å². The zero-order valence-corrected chi connectivity index (χ0v) is 19.1. The fourth-order valence-corrected chi connectivity index (χ4v) is 3.83. The highest BCUT2D eigenvalue weighted by molar-refractivity contribution is 5.88. The molecule has 3 atom stereocenters. The predicted octanol–water partition coefficient (Wildman–Crippen LogP) is 1.14. The molecule has 2 aromatic carbocycles. The number of β-lactam (4-membered cyclic amide) rings is 1. The maximum Gasteiger partial charge on any atom is 0.408 e. The number of carbonyl (C=O) groups excluding carboxylic acids is 4. The van der Waals surface area contributed by atoms with Gasteiger partial charge in [0.25, 0.3) is 0 Å². The fraction of sp³-hybridized carbons (Fsp3) is 0.360. The SMILES string of the molecule is O=C(CNC(=O)[C@H](Cc1ccccc1)NC(=O)OCc1ccccc1)OCC1CN2C(=O)CC2O1. The van der Waals surface area contributed by atoms with Crippen LogP contribution in [0.15, 0.2) is 60.7 Å². The Hall–Kier alpha value is -3.92. The Morgan fingerprint density at radius 1 is 1.00 bits per heavy atom. The molecular weight excluding hydrogens is 454 g/mol. The van der Waals surface area contributed by atoms with Crippen LogP contribution in [-0.4, -0.2) is 66.8 Å². The minimum atomic E-state index is -0.957. The number of carbonyl (C=O) groups is 4. The summed E-state index contributed by atoms with van der Waals surface area (Å²) < 4.78 is 16.0. The smallest absolute Gasteiger partial charge is 0.408 e. The van der Waals surface area contributed by atoms with Crippen LogP contribution in [0, 0.1) is 0 Å². The Kier molecular flexibility index (Phi) is 7.94. The van der Waals surface area contributed by atoms with Crippen molar-refractivity contribution in [2.45, 2.75) is 37.8 Å². The summed E-state index contributed by atoms with van der Waals surface area (Å²) in [6.07, 6.45) is -0.784. The van der Waals surface area contributed by atoms with Gasteiger partial charge in [-0.15, -0.1) is 0 Å². The van der Waals surface area contributed by atoms with Gasteiger partial charge in [-0.2, -0.15) is 0 Å². The zero-order chi connectivity index (χ0) is 24.6. The van der Waals surface area contributed by atoms with E-state index in [1.807, 2.05) is 60.7 Å². The summed E-state index contributed by atoms with van der Waals surface area (Å²) in [5.41, 5.74) is 1.64. The number of rotatable bonds is 10. The molecular formula is C25H27N3O7. The average molecular weight is 482 g/mol. The molecule has 2 aromatic rings. The van der Waals surface area contributed by atoms with E-state index in [-0.39, 0.29) is 44.4 Å². The number of nitrogens with one attached hydrogen (secondary N) is 2. The molecule has 3 amide bonds. The van der Waals surface area contributed by atoms with Crippen molar-refractivity contribution < 1.29 is 33.4 Å². The summed E-state index contributed by atoms with van der Waals surface area (Å²) in [6, 6.07) is 17.4. The average Bonchev–Trinajstić information content (AvgIpc) is 3.21. The zero-order valence-electron chi connectivity index (χ0n) is 19.1. The van der Waals surface area contributed by atoms with Crippen molar-refractivity contribution in [1.29, 1.82) is 0 Å². The largest absolute Gasteiger partial charge is 0.462 e. The Bertz CT molecular complexity index is 1050. The van der Waals surface area contributed by atoms with E-state index in [1.165, 1.54) is 0 Å². The number of amides is 3. The standard InChI is InChI=1S/C25H27N3O7/c29-21-12-22-28(21)14-19(35-22)16-33-23(30)13-26-24(31)20(11-17-7-3-1-4-8-17)27-25(32)34-15-18-9-5-2-6-10-18/h1-10,19-20,22H,11-16H2,(H,26,31)(H,27,32)/t19?,20-,22?/m0/s1. The molecule has 0 radical (unpaired) electrons. The molecule has 2 unspecified atom stereocenters. The van der Waals surface area contributed by atoms with Gasteiger partial charge < -0.3 is 29.7 Å². The van der Waals surface area contributed by atoms with Crippen molar-refractivity contribution >= 4 is 23.9 Å². The minimum absolute atomic E-state index is 0.00745. The molecule has 2 aliphatic heterocycles. The summed E-state index contributed by atoms with van der Waals surface area (Å²) in [7, 11) is 0. The molecule has 0 saturated carbocycles. The lowest BCUT2D eigenvalue weighted by Crippen LogP contribution is -2.49. The van der Waals surface area contributed by atoms with Crippen molar-refractivity contribution in [1.82, 2.24) is 15.5 Å². The van der Waals surface area contributed by atoms with Gasteiger partial charge in [0, 0.05) is 6.42 Å². The molecule has 2 heterocycles. The lowest BCUT2D eigenvalue weighted by Gasteiger charge is -2.31. The molecule has 2 saturated heterocycles. The van der Waals surface area contributed by atoms with Crippen LogP contribution in [0.2, 0.25) is 0 Å². The fourth-order valence-electron chi connectivity index (χ4n) is 3.83. The Morgan fingerprint density at radius 3 is 2.34 bits per heavy atom. The van der Waals surface area contributed by atoms with Crippen LogP contribution in [0.25, 0.3) is 0 Å². The highest BCUT2D eigenvalue weighted by Crippen LogP contribution is 2.28. The Balaban J connectivity index is 1.25. The van der Waals surface area contributed by atoms with E-state index in [4.69, 9.17) is 14.2 Å². The van der Waals surface area contributed by atoms with Gasteiger partial charge in [0.2, 0.25) is 11.8 Å². The molecule has 2 fully saturated rings. The van der Waals surface area contributed by atoms with Crippen LogP contribution in [0.4, 0.5) is 4.79 Å². The van der Waals surface area contributed by atoms with Gasteiger partial charge in [0.15, 0.2) is 0 Å². The molecule has 0 spiro atoms. The van der Waals surface area contributed by atoms with E-state index < -0.39 is 24.0 Å². The molecule has 10 heteroatoms. The second-order valence-electron chi connectivity index (χ2n) is 8.31. The molecule has 184 valence electrons. The number of esters is 1. The van der Waals surface area contributed by atoms with Crippen molar-refractivity contribution in [3.8, 4) is 0 Å². The topological polar surface area (TPSA) is 123 Å². The first-order chi connectivity index (χ1) is 17.0. The molecule has 2 N–H and O–H groups in total. The minimum Gasteiger partial charge on any atom is -0.462 e. The first-order valence-corrected chi connectivity index (χ1v) is 11.4. The van der Waals surface area contributed by atoms with Gasteiger partial charge >= 0.3 is 12.1 Å². The summed E-state index contributed by atoms with van der Waals surface area (Å²) >= 11 is 0. The van der Waals surface area contributed by atoms with Crippen LogP contribution in [0.5, 0.6) is 0 Å². The first-order valence-electron chi connectivity index (χ1n) is 11.4. The molecule has 4 rings (SSSR count). The summed E-state index contributed by atoms with van der Waals surface area (Å²) in [6.45, 7) is 0.0687. The lowest BCUT2D eigenvalue weighted by molar-refractivity contribution is -0.159. The third-order valence-corrected chi connectivity index (χ3v) is 5.71. The quantitative estimate of drug-likeness (QED) is 0.385. The summed E-state index contributed by atoms with van der Waals surface area (Å²) in [4.78, 5) is 50.3.